The lowest BCUT2D eigenvalue weighted by atomic mass is 10.2. The Morgan fingerprint density at radius 2 is 2.04 bits per heavy atom. The van der Waals surface area contributed by atoms with E-state index in [0.717, 1.165) is 10.2 Å². The molecule has 0 spiro atoms. The smallest absolute Gasteiger partial charge is 0.139 e. The third kappa shape index (κ3) is 2.27. The molecule has 24 heavy (non-hydrogen) atoms. The molecule has 1 aromatic heterocycles. The summed E-state index contributed by atoms with van der Waals surface area (Å²) in [7, 11) is 0. The highest BCUT2D eigenvalue weighted by Gasteiger charge is 2.31. The Balaban J connectivity index is 1.73. The summed E-state index contributed by atoms with van der Waals surface area (Å²) in [5, 5.41) is 19.4. The van der Waals surface area contributed by atoms with Gasteiger partial charge in [-0.2, -0.15) is 0 Å². The molecule has 4 nitrogen and oxygen atoms in total. The molecule has 1 aliphatic rings. The van der Waals surface area contributed by atoms with Gasteiger partial charge in [-0.25, -0.2) is 9.37 Å². The lowest BCUT2D eigenvalue weighted by Gasteiger charge is -2.19. The van der Waals surface area contributed by atoms with Crippen LogP contribution in [-0.2, 0) is 0 Å². The van der Waals surface area contributed by atoms with Crippen molar-refractivity contribution in [1.29, 1.82) is 5.41 Å². The van der Waals surface area contributed by atoms with Crippen molar-refractivity contribution in [3.05, 3.63) is 64.6 Å². The zero-order valence-corrected chi connectivity index (χ0v) is 13.7. The summed E-state index contributed by atoms with van der Waals surface area (Å²) in [6, 6.07) is 12.5. The maximum Gasteiger partial charge on any atom is 0.139 e. The van der Waals surface area contributed by atoms with Gasteiger partial charge >= 0.3 is 0 Å². The number of halogens is 1. The number of hydrogen-bond donors (Lipinski definition) is 2. The highest BCUT2D eigenvalue weighted by Crippen LogP contribution is 2.35. The van der Waals surface area contributed by atoms with Crippen LogP contribution in [0.3, 0.4) is 0 Å². The minimum atomic E-state index is -0.326. The molecule has 2 N–H and O–H groups in total. The Kier molecular flexibility index (Phi) is 3.35. The lowest BCUT2D eigenvalue weighted by molar-refractivity contribution is 0.411. The van der Waals surface area contributed by atoms with Crippen LogP contribution in [0.1, 0.15) is 10.6 Å². The molecule has 3 aromatic rings. The zero-order chi connectivity index (χ0) is 16.8. The second-order valence-electron chi connectivity index (χ2n) is 5.68. The number of nitrogens with zero attached hydrogens (tertiary/aromatic N) is 2. The van der Waals surface area contributed by atoms with Crippen molar-refractivity contribution >= 4 is 38.6 Å². The minimum absolute atomic E-state index is 0.0834. The van der Waals surface area contributed by atoms with Crippen LogP contribution in [0, 0.1) is 18.2 Å². The second-order valence-corrected chi connectivity index (χ2v) is 6.71. The van der Waals surface area contributed by atoms with Gasteiger partial charge in [0.15, 0.2) is 0 Å². The third-order valence-electron chi connectivity index (χ3n) is 4.08. The highest BCUT2D eigenvalue weighted by atomic mass is 32.1. The number of amidine groups is 1. The van der Waals surface area contributed by atoms with Gasteiger partial charge in [-0.15, -0.1) is 11.3 Å². The first-order valence-electron chi connectivity index (χ1n) is 7.45. The number of aliphatic hydroxyl groups excluding tert-OH is 1. The Hall–Kier alpha value is -2.73. The van der Waals surface area contributed by atoms with E-state index in [9.17, 15) is 9.50 Å². The number of rotatable bonds is 2. The van der Waals surface area contributed by atoms with Crippen LogP contribution in [0.15, 0.2) is 48.2 Å². The number of para-hydroxylation sites is 1. The van der Waals surface area contributed by atoms with E-state index in [2.05, 4.69) is 4.98 Å². The Bertz CT molecular complexity index is 975. The number of aryl methyl sites for hydroxylation is 1. The molecule has 0 bridgehead atoms. The normalized spacial score (nSPS) is 14.9. The van der Waals surface area contributed by atoms with E-state index >= 15 is 0 Å². The highest BCUT2D eigenvalue weighted by molar-refractivity contribution is 7.19. The number of benzene rings is 2. The first-order chi connectivity index (χ1) is 11.5. The predicted octanol–water partition coefficient (Wildman–Crippen LogP) is 4.51. The monoisotopic (exact) mass is 339 g/mol. The quantitative estimate of drug-likeness (QED) is 0.722. The molecular weight excluding hydrogens is 325 g/mol. The lowest BCUT2D eigenvalue weighted by Crippen LogP contribution is -2.26. The maximum absolute atomic E-state index is 13.8. The van der Waals surface area contributed by atoms with E-state index in [1.165, 1.54) is 17.4 Å². The van der Waals surface area contributed by atoms with Crippen LogP contribution in [0.25, 0.3) is 15.8 Å². The van der Waals surface area contributed by atoms with E-state index in [4.69, 9.17) is 5.41 Å². The van der Waals surface area contributed by atoms with E-state index < -0.39 is 0 Å². The van der Waals surface area contributed by atoms with Crippen molar-refractivity contribution in [2.45, 2.75) is 6.92 Å². The zero-order valence-electron chi connectivity index (χ0n) is 12.9. The number of nitrogens with one attached hydrogen (secondary N) is 1. The summed E-state index contributed by atoms with van der Waals surface area (Å²) < 4.78 is 14.8. The van der Waals surface area contributed by atoms with Crippen LogP contribution in [0.4, 0.5) is 10.1 Å². The fourth-order valence-electron chi connectivity index (χ4n) is 2.75. The summed E-state index contributed by atoms with van der Waals surface area (Å²) in [4.78, 5) is 6.10. The number of anilines is 1. The van der Waals surface area contributed by atoms with Gasteiger partial charge in [0.2, 0.25) is 0 Å². The summed E-state index contributed by atoms with van der Waals surface area (Å²) in [6.45, 7) is 1.84. The van der Waals surface area contributed by atoms with Gasteiger partial charge in [-0.1, -0.05) is 18.2 Å². The molecule has 1 aliphatic heterocycles. The van der Waals surface area contributed by atoms with Crippen LogP contribution in [0.5, 0.6) is 0 Å². The van der Waals surface area contributed by atoms with E-state index in [1.807, 2.05) is 24.3 Å². The molecule has 0 atom stereocenters. The Labute approximate surface area is 142 Å². The number of aliphatic hydroxyl groups is 1. The van der Waals surface area contributed by atoms with Crippen molar-refractivity contribution in [3.8, 4) is 0 Å². The minimum Gasteiger partial charge on any atom is -0.510 e. The van der Waals surface area contributed by atoms with Gasteiger partial charge in [0.25, 0.3) is 0 Å². The average Bonchev–Trinajstić information content (AvgIpc) is 3.10. The van der Waals surface area contributed by atoms with E-state index in [1.54, 1.807) is 24.0 Å². The maximum atomic E-state index is 13.8. The number of fused-ring (bicyclic) bond motifs is 1. The third-order valence-corrected chi connectivity index (χ3v) is 5.13. The molecule has 0 saturated heterocycles. The predicted molar refractivity (Wildman–Crippen MR) is 95.4 cm³/mol. The van der Waals surface area contributed by atoms with E-state index in [-0.39, 0.29) is 24.0 Å². The Morgan fingerprint density at radius 3 is 2.79 bits per heavy atom. The van der Waals surface area contributed by atoms with Gasteiger partial charge < -0.3 is 10.0 Å². The molecule has 0 radical (unpaired) electrons. The molecule has 0 aliphatic carbocycles. The van der Waals surface area contributed by atoms with Crippen LogP contribution < -0.4 is 4.90 Å². The molecule has 0 fully saturated rings. The summed E-state index contributed by atoms with van der Waals surface area (Å²) in [5.41, 5.74) is 2.35. The molecule has 0 saturated carbocycles. The largest absolute Gasteiger partial charge is 0.510 e. The van der Waals surface area contributed by atoms with Crippen LogP contribution >= 0.6 is 11.3 Å². The number of thiazole rings is 1. The van der Waals surface area contributed by atoms with Crippen LogP contribution in [-0.4, -0.2) is 22.5 Å². The van der Waals surface area contributed by atoms with Gasteiger partial charge in [0, 0.05) is 5.69 Å². The molecule has 0 amide bonds. The van der Waals surface area contributed by atoms with Crippen LogP contribution in [0.2, 0.25) is 0 Å². The van der Waals surface area contributed by atoms with Crippen molar-refractivity contribution < 1.29 is 9.50 Å². The Morgan fingerprint density at radius 1 is 1.25 bits per heavy atom. The average molecular weight is 339 g/mol. The van der Waals surface area contributed by atoms with Crippen molar-refractivity contribution in [3.63, 3.8) is 0 Å². The first kappa shape index (κ1) is 14.8. The SMILES string of the molecule is Cc1ccc(N2CC(O)=C(c3nc4ccccc4s3)C2=N)cc1F. The van der Waals surface area contributed by atoms with Gasteiger partial charge in [-0.3, -0.25) is 5.41 Å². The number of hydrogen-bond acceptors (Lipinski definition) is 4. The fraction of sp³-hybridized carbons (Fsp3) is 0.111. The number of aromatic nitrogens is 1. The molecule has 120 valence electrons. The topological polar surface area (TPSA) is 60.2 Å². The molecular formula is C18H14FN3OS. The summed E-state index contributed by atoms with van der Waals surface area (Å²) in [6.07, 6.45) is 0. The summed E-state index contributed by atoms with van der Waals surface area (Å²) in [5.74, 6) is -0.108. The molecule has 6 heteroatoms. The van der Waals surface area contributed by atoms with Crippen molar-refractivity contribution in [2.75, 3.05) is 11.4 Å². The van der Waals surface area contributed by atoms with E-state index in [0.29, 0.717) is 21.8 Å². The fourth-order valence-corrected chi connectivity index (χ4v) is 3.79. The second kappa shape index (κ2) is 5.42. The molecule has 2 aromatic carbocycles. The summed E-state index contributed by atoms with van der Waals surface area (Å²) >= 11 is 1.43. The van der Waals surface area contributed by atoms with Crippen molar-refractivity contribution in [1.82, 2.24) is 4.98 Å². The van der Waals surface area contributed by atoms with Gasteiger partial charge in [0.05, 0.1) is 22.3 Å². The van der Waals surface area contributed by atoms with Gasteiger partial charge in [-0.05, 0) is 36.8 Å². The molecule has 4 rings (SSSR count). The van der Waals surface area contributed by atoms with Gasteiger partial charge in [0.1, 0.15) is 22.4 Å². The van der Waals surface area contributed by atoms with Crippen molar-refractivity contribution in [2.24, 2.45) is 0 Å². The first-order valence-corrected chi connectivity index (χ1v) is 8.27. The standard InChI is InChI=1S/C18H14FN3OS/c1-10-6-7-11(8-12(10)19)22-9-14(23)16(17(22)20)18-21-13-4-2-3-5-15(13)24-18/h2-8,20,23H,9H2,1H3. The molecule has 2 heterocycles. The molecule has 0 unspecified atom stereocenters.